The Bertz CT molecular complexity index is 624. The average molecular weight is 362 g/mol. The van der Waals surface area contributed by atoms with Crippen LogP contribution in [-0.4, -0.2) is 11.1 Å². The van der Waals surface area contributed by atoms with Crippen LogP contribution in [0.25, 0.3) is 0 Å². The van der Waals surface area contributed by atoms with E-state index in [-0.39, 0.29) is 11.3 Å². The topological polar surface area (TPSA) is 46.5 Å². The number of halogens is 3. The van der Waals surface area contributed by atoms with Gasteiger partial charge in [0, 0.05) is 14.5 Å². The third-order valence-corrected chi connectivity index (χ3v) is 3.17. The Morgan fingerprint density at radius 1 is 1.11 bits per heavy atom. The van der Waals surface area contributed by atoms with E-state index in [1.54, 1.807) is 30.3 Å². The molecule has 1 N–H and O–H groups in total. The van der Waals surface area contributed by atoms with Crippen molar-refractivity contribution in [2.24, 2.45) is 0 Å². The van der Waals surface area contributed by atoms with Gasteiger partial charge in [0.15, 0.2) is 0 Å². The average Bonchev–Trinajstić information content (AvgIpc) is 2.30. The second-order valence-corrected chi connectivity index (χ2v) is 5.44. The fraction of sp³-hybridized carbons (Fsp3) is 0. The van der Waals surface area contributed by atoms with Gasteiger partial charge in [0.05, 0.1) is 0 Å². The van der Waals surface area contributed by atoms with E-state index in [0.717, 1.165) is 0 Å². The molecule has 0 aliphatic heterocycles. The summed E-state index contributed by atoms with van der Waals surface area (Å²) >= 11 is 14.9. The van der Waals surface area contributed by atoms with Gasteiger partial charge in [0.2, 0.25) is 0 Å². The second-order valence-electron chi connectivity index (χ2n) is 3.65. The molecule has 0 atom stereocenters. The Kier molecular flexibility index (Phi) is 4.34. The van der Waals surface area contributed by atoms with Gasteiger partial charge in [-0.05, 0) is 36.4 Å². The summed E-state index contributed by atoms with van der Waals surface area (Å²) in [6, 6.07) is 9.39. The van der Waals surface area contributed by atoms with E-state index in [1.807, 2.05) is 0 Å². The molecule has 0 heterocycles. The van der Waals surface area contributed by atoms with Crippen LogP contribution in [0.5, 0.6) is 11.5 Å². The number of benzene rings is 2. The normalized spacial score (nSPS) is 10.3. The molecular weight excluding hydrogens is 355 g/mol. The van der Waals surface area contributed by atoms with Gasteiger partial charge in [-0.3, -0.25) is 0 Å². The predicted octanol–water partition coefficient (Wildman–Crippen LogP) is 5.25. The summed E-state index contributed by atoms with van der Waals surface area (Å²) in [5, 5.41) is 9.95. The maximum Gasteiger partial charge on any atom is 0.339 e. The van der Waals surface area contributed by atoms with Crippen molar-refractivity contribution in [3.8, 4) is 11.5 Å². The molecule has 6 heteroatoms. The molecule has 0 saturated heterocycles. The van der Waals surface area contributed by atoms with E-state index < -0.39 is 5.97 Å². The molecule has 98 valence electrons. The molecule has 0 aromatic heterocycles. The molecule has 2 rings (SSSR count). The lowest BCUT2D eigenvalue weighted by atomic mass is 10.2. The summed E-state index contributed by atoms with van der Waals surface area (Å²) in [6.45, 7) is 0. The summed E-state index contributed by atoms with van der Waals surface area (Å²) < 4.78 is 6.17. The minimum absolute atomic E-state index is 0.0467. The molecular formula is C13H7BrCl2O3. The number of carboxylic acids is 1. The van der Waals surface area contributed by atoms with Gasteiger partial charge < -0.3 is 9.84 Å². The van der Waals surface area contributed by atoms with Crippen molar-refractivity contribution in [1.82, 2.24) is 0 Å². The van der Waals surface area contributed by atoms with E-state index in [2.05, 4.69) is 15.9 Å². The van der Waals surface area contributed by atoms with Gasteiger partial charge in [0.1, 0.15) is 17.1 Å². The number of rotatable bonds is 3. The van der Waals surface area contributed by atoms with Crippen molar-refractivity contribution < 1.29 is 14.6 Å². The molecule has 0 unspecified atom stereocenters. The molecule has 0 fully saturated rings. The van der Waals surface area contributed by atoms with Crippen LogP contribution in [0.1, 0.15) is 10.4 Å². The molecule has 0 aliphatic rings. The molecule has 0 bridgehead atoms. The molecule has 0 saturated carbocycles. The zero-order valence-corrected chi connectivity index (χ0v) is 12.5. The highest BCUT2D eigenvalue weighted by atomic mass is 79.9. The van der Waals surface area contributed by atoms with Crippen LogP contribution in [0.4, 0.5) is 0 Å². The maximum atomic E-state index is 11.1. The summed E-state index contributed by atoms with van der Waals surface area (Å²) in [6.07, 6.45) is 0. The first-order valence-electron chi connectivity index (χ1n) is 5.12. The third kappa shape index (κ3) is 3.62. The zero-order valence-electron chi connectivity index (χ0n) is 9.36. The summed E-state index contributed by atoms with van der Waals surface area (Å²) in [5.74, 6) is -0.485. The minimum Gasteiger partial charge on any atom is -0.478 e. The smallest absolute Gasteiger partial charge is 0.339 e. The van der Waals surface area contributed by atoms with Crippen LogP contribution < -0.4 is 4.74 Å². The number of carboxylic acid groups (broad SMARTS) is 1. The van der Waals surface area contributed by atoms with E-state index in [4.69, 9.17) is 33.0 Å². The monoisotopic (exact) mass is 360 g/mol. The van der Waals surface area contributed by atoms with Crippen LogP contribution in [0.2, 0.25) is 10.0 Å². The van der Waals surface area contributed by atoms with Crippen molar-refractivity contribution in [1.29, 1.82) is 0 Å². The fourth-order valence-electron chi connectivity index (χ4n) is 1.47. The SMILES string of the molecule is O=C(O)c1cc(Br)ccc1Oc1cc(Cl)cc(Cl)c1. The van der Waals surface area contributed by atoms with Crippen molar-refractivity contribution in [3.05, 3.63) is 56.5 Å². The lowest BCUT2D eigenvalue weighted by molar-refractivity contribution is 0.0694. The van der Waals surface area contributed by atoms with Crippen LogP contribution in [0.15, 0.2) is 40.9 Å². The summed E-state index contributed by atoms with van der Waals surface area (Å²) in [4.78, 5) is 11.1. The van der Waals surface area contributed by atoms with Gasteiger partial charge in [-0.2, -0.15) is 0 Å². The minimum atomic E-state index is -1.08. The number of hydrogen-bond donors (Lipinski definition) is 1. The first-order chi connectivity index (χ1) is 8.95. The Labute approximate surface area is 127 Å². The standard InChI is InChI=1S/C13H7BrCl2O3/c14-7-1-2-12(11(3-7)13(17)18)19-10-5-8(15)4-9(16)6-10/h1-6H,(H,17,18). The van der Waals surface area contributed by atoms with Crippen LogP contribution in [0.3, 0.4) is 0 Å². The van der Waals surface area contributed by atoms with Crippen molar-refractivity contribution in [3.63, 3.8) is 0 Å². The molecule has 0 radical (unpaired) electrons. The van der Waals surface area contributed by atoms with E-state index in [9.17, 15) is 4.79 Å². The van der Waals surface area contributed by atoms with Crippen LogP contribution >= 0.6 is 39.1 Å². The van der Waals surface area contributed by atoms with Gasteiger partial charge in [-0.15, -0.1) is 0 Å². The maximum absolute atomic E-state index is 11.1. The molecule has 0 aliphatic carbocycles. The predicted molar refractivity (Wildman–Crippen MR) is 77.6 cm³/mol. The number of hydrogen-bond acceptors (Lipinski definition) is 2. The molecule has 2 aromatic carbocycles. The van der Waals surface area contributed by atoms with E-state index in [0.29, 0.717) is 20.3 Å². The zero-order chi connectivity index (χ0) is 14.0. The van der Waals surface area contributed by atoms with Crippen molar-refractivity contribution in [2.75, 3.05) is 0 Å². The highest BCUT2D eigenvalue weighted by Gasteiger charge is 2.13. The summed E-state index contributed by atoms with van der Waals surface area (Å²) in [7, 11) is 0. The Morgan fingerprint density at radius 3 is 2.32 bits per heavy atom. The molecule has 3 nitrogen and oxygen atoms in total. The second kappa shape index (κ2) is 5.82. The van der Waals surface area contributed by atoms with Crippen LogP contribution in [0, 0.1) is 0 Å². The Balaban J connectivity index is 2.40. The van der Waals surface area contributed by atoms with Gasteiger partial charge in [-0.25, -0.2) is 4.79 Å². The highest BCUT2D eigenvalue weighted by Crippen LogP contribution is 2.31. The fourth-order valence-corrected chi connectivity index (χ4v) is 2.34. The Morgan fingerprint density at radius 2 is 1.74 bits per heavy atom. The number of carbonyl (C=O) groups is 1. The highest BCUT2D eigenvalue weighted by molar-refractivity contribution is 9.10. The van der Waals surface area contributed by atoms with Crippen LogP contribution in [-0.2, 0) is 0 Å². The Hall–Kier alpha value is -1.23. The first kappa shape index (κ1) is 14.2. The quantitative estimate of drug-likeness (QED) is 0.812. The molecule has 2 aromatic rings. The third-order valence-electron chi connectivity index (χ3n) is 2.24. The first-order valence-corrected chi connectivity index (χ1v) is 6.67. The van der Waals surface area contributed by atoms with E-state index in [1.165, 1.54) is 6.07 Å². The van der Waals surface area contributed by atoms with Gasteiger partial charge in [-0.1, -0.05) is 39.1 Å². The largest absolute Gasteiger partial charge is 0.478 e. The lowest BCUT2D eigenvalue weighted by Crippen LogP contribution is -2.00. The molecule has 0 spiro atoms. The van der Waals surface area contributed by atoms with E-state index >= 15 is 0 Å². The number of ether oxygens (including phenoxy) is 1. The molecule has 19 heavy (non-hydrogen) atoms. The molecule has 0 amide bonds. The lowest BCUT2D eigenvalue weighted by Gasteiger charge is -2.09. The van der Waals surface area contributed by atoms with Crippen molar-refractivity contribution >= 4 is 45.1 Å². The van der Waals surface area contributed by atoms with Gasteiger partial charge >= 0.3 is 5.97 Å². The van der Waals surface area contributed by atoms with Gasteiger partial charge in [0.25, 0.3) is 0 Å². The number of aromatic carboxylic acids is 1. The summed E-state index contributed by atoms with van der Waals surface area (Å²) in [5.41, 5.74) is 0.0467. The van der Waals surface area contributed by atoms with Crippen molar-refractivity contribution in [2.45, 2.75) is 0 Å².